The van der Waals surface area contributed by atoms with Gasteiger partial charge in [0.1, 0.15) is 0 Å². The Hall–Kier alpha value is -0.0600. The van der Waals surface area contributed by atoms with Crippen LogP contribution in [0.4, 0.5) is 0 Å². The van der Waals surface area contributed by atoms with Crippen molar-refractivity contribution in [3.05, 3.63) is 54.6 Å². The first-order valence-electron chi connectivity index (χ1n) is 6.51. The van der Waals surface area contributed by atoms with Crippen molar-refractivity contribution < 1.29 is 0 Å². The molecule has 0 radical (unpaired) electrons. The second kappa shape index (κ2) is 7.81. The zero-order valence-corrected chi connectivity index (χ0v) is 15.0. The molecule has 1 heterocycles. The Kier molecular flexibility index (Phi) is 6.37. The molecular weight excluding hydrogens is 377 g/mol. The van der Waals surface area contributed by atoms with E-state index in [-0.39, 0.29) is 6.04 Å². The lowest BCUT2D eigenvalue weighted by atomic mass is 10.0. The minimum Gasteiger partial charge on any atom is -0.310 e. The third-order valence-electron chi connectivity index (χ3n) is 3.07. The van der Waals surface area contributed by atoms with Crippen molar-refractivity contribution in [3.8, 4) is 0 Å². The molecule has 0 spiro atoms. The summed E-state index contributed by atoms with van der Waals surface area (Å²) in [6.07, 6.45) is 1.97. The van der Waals surface area contributed by atoms with Crippen LogP contribution < -0.4 is 5.32 Å². The van der Waals surface area contributed by atoms with E-state index < -0.39 is 0 Å². The Morgan fingerprint density at radius 1 is 1.30 bits per heavy atom. The fourth-order valence-electron chi connectivity index (χ4n) is 2.04. The molecule has 1 N–H and O–H groups in total. The standard InChI is InChI=1S/C15H16BrCl2NS/c1-2-5-19-14(11-7-15(16)20-9-11)6-10-3-4-12(17)8-13(10)18/h3-4,7-9,14,19H,2,5-6H2,1H3. The first-order chi connectivity index (χ1) is 9.60. The molecule has 0 saturated carbocycles. The maximum Gasteiger partial charge on any atom is 0.0701 e. The van der Waals surface area contributed by atoms with Gasteiger partial charge in [-0.2, -0.15) is 0 Å². The van der Waals surface area contributed by atoms with Crippen molar-refractivity contribution >= 4 is 50.5 Å². The lowest BCUT2D eigenvalue weighted by molar-refractivity contribution is 0.530. The molecule has 0 aliphatic rings. The quantitative estimate of drug-likeness (QED) is 0.625. The fourth-order valence-corrected chi connectivity index (χ4v) is 3.76. The van der Waals surface area contributed by atoms with Gasteiger partial charge in [-0.1, -0.05) is 36.2 Å². The highest BCUT2D eigenvalue weighted by Gasteiger charge is 2.15. The number of nitrogens with one attached hydrogen (secondary N) is 1. The highest BCUT2D eigenvalue weighted by atomic mass is 79.9. The Bertz CT molecular complexity index is 571. The van der Waals surface area contributed by atoms with Gasteiger partial charge in [0.25, 0.3) is 0 Å². The van der Waals surface area contributed by atoms with Gasteiger partial charge in [-0.25, -0.2) is 0 Å². The molecular formula is C15H16BrCl2NS. The summed E-state index contributed by atoms with van der Waals surface area (Å²) in [7, 11) is 0. The largest absolute Gasteiger partial charge is 0.310 e. The van der Waals surface area contributed by atoms with Crippen LogP contribution in [0.15, 0.2) is 33.4 Å². The summed E-state index contributed by atoms with van der Waals surface area (Å²) in [6, 6.07) is 8.15. The zero-order chi connectivity index (χ0) is 14.5. The molecule has 108 valence electrons. The molecule has 2 rings (SSSR count). The van der Waals surface area contributed by atoms with Crippen molar-refractivity contribution in [2.75, 3.05) is 6.54 Å². The van der Waals surface area contributed by atoms with Crippen molar-refractivity contribution in [1.82, 2.24) is 5.32 Å². The lowest BCUT2D eigenvalue weighted by Crippen LogP contribution is -2.23. The maximum atomic E-state index is 6.28. The van der Waals surface area contributed by atoms with Crippen LogP contribution >= 0.6 is 50.5 Å². The molecule has 0 aliphatic carbocycles. The molecule has 5 heteroatoms. The molecule has 1 nitrogen and oxygen atoms in total. The van der Waals surface area contributed by atoms with Gasteiger partial charge in [-0.05, 0) is 70.0 Å². The van der Waals surface area contributed by atoms with Gasteiger partial charge in [-0.3, -0.25) is 0 Å². The molecule has 1 aromatic heterocycles. The van der Waals surface area contributed by atoms with Crippen molar-refractivity contribution in [2.24, 2.45) is 0 Å². The van der Waals surface area contributed by atoms with E-state index in [1.165, 1.54) is 5.56 Å². The number of hydrogen-bond acceptors (Lipinski definition) is 2. The normalized spacial score (nSPS) is 12.6. The fraction of sp³-hybridized carbons (Fsp3) is 0.333. The van der Waals surface area contributed by atoms with Gasteiger partial charge in [0.15, 0.2) is 0 Å². The van der Waals surface area contributed by atoms with E-state index in [9.17, 15) is 0 Å². The topological polar surface area (TPSA) is 12.0 Å². The summed E-state index contributed by atoms with van der Waals surface area (Å²) in [5.41, 5.74) is 2.41. The summed E-state index contributed by atoms with van der Waals surface area (Å²) < 4.78 is 1.15. The van der Waals surface area contributed by atoms with Crippen LogP contribution in [0.5, 0.6) is 0 Å². The van der Waals surface area contributed by atoms with E-state index in [0.717, 1.165) is 33.8 Å². The van der Waals surface area contributed by atoms with Crippen LogP contribution in [0.3, 0.4) is 0 Å². The van der Waals surface area contributed by atoms with E-state index in [2.05, 4.69) is 39.6 Å². The number of rotatable bonds is 6. The molecule has 20 heavy (non-hydrogen) atoms. The molecule has 1 atom stereocenters. The highest BCUT2D eigenvalue weighted by molar-refractivity contribution is 9.11. The monoisotopic (exact) mass is 391 g/mol. The summed E-state index contributed by atoms with van der Waals surface area (Å²) in [4.78, 5) is 0. The molecule has 0 amide bonds. The smallest absolute Gasteiger partial charge is 0.0701 e. The predicted molar refractivity (Wildman–Crippen MR) is 93.2 cm³/mol. The Morgan fingerprint density at radius 2 is 2.10 bits per heavy atom. The third kappa shape index (κ3) is 4.47. The van der Waals surface area contributed by atoms with Gasteiger partial charge in [-0.15, -0.1) is 11.3 Å². The molecule has 1 unspecified atom stereocenters. The second-order valence-electron chi connectivity index (χ2n) is 4.63. The average Bonchev–Trinajstić information content (AvgIpc) is 2.83. The van der Waals surface area contributed by atoms with Crippen molar-refractivity contribution in [1.29, 1.82) is 0 Å². The molecule has 0 bridgehead atoms. The summed E-state index contributed by atoms with van der Waals surface area (Å²) >= 11 is 17.5. The number of hydrogen-bond donors (Lipinski definition) is 1. The van der Waals surface area contributed by atoms with Crippen LogP contribution in [0.2, 0.25) is 10.0 Å². The molecule has 0 saturated heterocycles. The van der Waals surface area contributed by atoms with Gasteiger partial charge in [0, 0.05) is 16.1 Å². The summed E-state index contributed by atoms with van der Waals surface area (Å²) in [5, 5.41) is 7.17. The van der Waals surface area contributed by atoms with E-state index in [1.54, 1.807) is 17.4 Å². The van der Waals surface area contributed by atoms with Crippen LogP contribution in [-0.2, 0) is 6.42 Å². The first-order valence-corrected chi connectivity index (χ1v) is 8.94. The van der Waals surface area contributed by atoms with Crippen LogP contribution in [0.25, 0.3) is 0 Å². The Balaban J connectivity index is 2.18. The molecule has 2 aromatic rings. The maximum absolute atomic E-state index is 6.28. The Morgan fingerprint density at radius 3 is 2.70 bits per heavy atom. The van der Waals surface area contributed by atoms with Crippen LogP contribution in [0.1, 0.15) is 30.5 Å². The average molecular weight is 393 g/mol. The zero-order valence-electron chi connectivity index (χ0n) is 11.1. The van der Waals surface area contributed by atoms with Gasteiger partial charge in [0.2, 0.25) is 0 Å². The van der Waals surface area contributed by atoms with E-state index >= 15 is 0 Å². The minimum atomic E-state index is 0.274. The summed E-state index contributed by atoms with van der Waals surface area (Å²) in [6.45, 7) is 3.16. The van der Waals surface area contributed by atoms with Crippen molar-refractivity contribution in [2.45, 2.75) is 25.8 Å². The van der Waals surface area contributed by atoms with Gasteiger partial charge >= 0.3 is 0 Å². The van der Waals surface area contributed by atoms with E-state index in [4.69, 9.17) is 23.2 Å². The number of benzene rings is 1. The third-order valence-corrected chi connectivity index (χ3v) is 5.18. The van der Waals surface area contributed by atoms with E-state index in [1.807, 2.05) is 12.1 Å². The number of halogens is 3. The SMILES string of the molecule is CCCNC(Cc1ccc(Cl)cc1Cl)c1csc(Br)c1. The second-order valence-corrected chi connectivity index (χ2v) is 7.76. The van der Waals surface area contributed by atoms with Crippen LogP contribution in [0, 0.1) is 0 Å². The minimum absolute atomic E-state index is 0.274. The van der Waals surface area contributed by atoms with E-state index in [0.29, 0.717) is 5.02 Å². The molecule has 1 aromatic carbocycles. The number of thiophene rings is 1. The Labute approximate surface area is 142 Å². The molecule has 0 fully saturated rings. The summed E-state index contributed by atoms with van der Waals surface area (Å²) in [5.74, 6) is 0. The van der Waals surface area contributed by atoms with Crippen molar-refractivity contribution in [3.63, 3.8) is 0 Å². The predicted octanol–water partition coefficient (Wildman–Crippen LogP) is 6.10. The lowest BCUT2D eigenvalue weighted by Gasteiger charge is -2.18. The van der Waals surface area contributed by atoms with Gasteiger partial charge in [0.05, 0.1) is 3.79 Å². The molecule has 0 aliphatic heterocycles. The van der Waals surface area contributed by atoms with Crippen LogP contribution in [-0.4, -0.2) is 6.54 Å². The first kappa shape index (κ1) is 16.3. The van der Waals surface area contributed by atoms with Gasteiger partial charge < -0.3 is 5.32 Å². The highest BCUT2D eigenvalue weighted by Crippen LogP contribution is 2.30.